The van der Waals surface area contributed by atoms with E-state index >= 15 is 0 Å². The summed E-state index contributed by atoms with van der Waals surface area (Å²) >= 11 is 0. The lowest BCUT2D eigenvalue weighted by atomic mass is 9.91. The zero-order valence-electron chi connectivity index (χ0n) is 23.9. The van der Waals surface area contributed by atoms with Gasteiger partial charge < -0.3 is 24.3 Å². The van der Waals surface area contributed by atoms with E-state index in [0.29, 0.717) is 19.6 Å². The number of ether oxygens (including phenoxy) is 2. The Hall–Kier alpha value is -4.52. The second-order valence-electron chi connectivity index (χ2n) is 11.2. The summed E-state index contributed by atoms with van der Waals surface area (Å²) in [5, 5.41) is 20.1. The molecule has 0 aliphatic heterocycles. The lowest BCUT2D eigenvalue weighted by Gasteiger charge is -2.13. The van der Waals surface area contributed by atoms with Crippen molar-refractivity contribution in [1.82, 2.24) is 4.57 Å². The molecule has 0 spiro atoms. The molecule has 1 aromatic heterocycles. The molecule has 2 N–H and O–H groups in total. The third-order valence-corrected chi connectivity index (χ3v) is 7.99. The molecule has 0 saturated heterocycles. The minimum Gasteiger partial charge on any atom is -0.494 e. The number of unbranched alkanes of at least 4 members (excludes halogenated alkanes) is 1. The molecule has 0 atom stereocenters. The van der Waals surface area contributed by atoms with Crippen molar-refractivity contribution >= 4 is 35.0 Å². The van der Waals surface area contributed by atoms with Gasteiger partial charge >= 0.3 is 11.9 Å². The number of carbonyl (C=O) groups is 2. The Morgan fingerprint density at radius 2 is 1.50 bits per heavy atom. The van der Waals surface area contributed by atoms with Crippen LogP contribution in [0.25, 0.3) is 23.1 Å². The van der Waals surface area contributed by atoms with Gasteiger partial charge in [-0.3, -0.25) is 9.59 Å². The van der Waals surface area contributed by atoms with E-state index in [-0.39, 0.29) is 18.4 Å². The molecule has 218 valence electrons. The molecule has 1 aliphatic rings. The van der Waals surface area contributed by atoms with Gasteiger partial charge in [0.25, 0.3) is 0 Å². The number of benzene rings is 3. The third kappa shape index (κ3) is 7.21. The zero-order valence-corrected chi connectivity index (χ0v) is 23.9. The summed E-state index contributed by atoms with van der Waals surface area (Å²) in [4.78, 5) is 23.3. The van der Waals surface area contributed by atoms with Crippen molar-refractivity contribution in [2.75, 3.05) is 13.2 Å². The van der Waals surface area contributed by atoms with Crippen LogP contribution < -0.4 is 9.47 Å². The van der Waals surface area contributed by atoms with Crippen LogP contribution in [0.5, 0.6) is 11.5 Å². The van der Waals surface area contributed by atoms with Crippen molar-refractivity contribution in [1.29, 1.82) is 0 Å². The normalized spacial score (nSPS) is 13.8. The number of nitrogens with zero attached hydrogens (tertiary/aromatic N) is 1. The Labute approximate surface area is 246 Å². The van der Waals surface area contributed by atoms with Gasteiger partial charge in [0, 0.05) is 11.1 Å². The van der Waals surface area contributed by atoms with Crippen LogP contribution >= 0.6 is 0 Å². The predicted octanol–water partition coefficient (Wildman–Crippen LogP) is 7.24. The first kappa shape index (κ1) is 29.0. The number of carboxylic acid groups (broad SMARTS) is 2. The van der Waals surface area contributed by atoms with Gasteiger partial charge in [0.2, 0.25) is 0 Å². The number of fused-ring (bicyclic) bond motifs is 1. The molecule has 0 unspecified atom stereocenters. The zero-order chi connectivity index (χ0) is 29.5. The molecule has 1 aliphatic carbocycles. The van der Waals surface area contributed by atoms with Crippen molar-refractivity contribution in [2.24, 2.45) is 5.41 Å². The summed E-state index contributed by atoms with van der Waals surface area (Å²) in [5.41, 5.74) is 4.49. The van der Waals surface area contributed by atoms with E-state index < -0.39 is 11.9 Å². The Bertz CT molecular complexity index is 1560. The fourth-order valence-electron chi connectivity index (χ4n) is 5.57. The molecule has 7 nitrogen and oxygen atoms in total. The lowest BCUT2D eigenvalue weighted by molar-refractivity contribution is -0.139. The number of carboxylic acids is 2. The molecule has 42 heavy (non-hydrogen) atoms. The number of rotatable bonds is 15. The number of para-hydroxylation sites is 2. The van der Waals surface area contributed by atoms with E-state index in [2.05, 4.69) is 0 Å². The molecule has 0 radical (unpaired) electrons. The standard InChI is InChI=1S/C35H37NO6/c1-25-31(22-35(18-19-35)23-32(37)38)30-11-7-8-27(34(30)36(25)24-33(39)40)15-12-26-13-16-29(17-14-26)42-21-6-5-20-41-28-9-3-2-4-10-28/h2-4,7-17H,5-6,18-24H2,1H3,(H,37,38)(H,39,40)/b15-12+. The highest BCUT2D eigenvalue weighted by molar-refractivity contribution is 5.95. The van der Waals surface area contributed by atoms with Gasteiger partial charge in [-0.15, -0.1) is 0 Å². The maximum Gasteiger partial charge on any atom is 0.323 e. The largest absolute Gasteiger partial charge is 0.494 e. The van der Waals surface area contributed by atoms with Crippen molar-refractivity contribution in [2.45, 2.75) is 52.0 Å². The van der Waals surface area contributed by atoms with Gasteiger partial charge in [-0.25, -0.2) is 0 Å². The lowest BCUT2D eigenvalue weighted by Crippen LogP contribution is -2.13. The summed E-state index contributed by atoms with van der Waals surface area (Å²) in [6, 6.07) is 23.7. The highest BCUT2D eigenvalue weighted by Crippen LogP contribution is 2.52. The molecule has 4 aromatic rings. The topological polar surface area (TPSA) is 98.0 Å². The Balaban J connectivity index is 1.25. The minimum absolute atomic E-state index is 0.139. The van der Waals surface area contributed by atoms with Crippen LogP contribution in [0, 0.1) is 12.3 Å². The van der Waals surface area contributed by atoms with Crippen LogP contribution in [-0.2, 0) is 22.6 Å². The molecule has 0 bridgehead atoms. The quantitative estimate of drug-likeness (QED) is 0.116. The highest BCUT2D eigenvalue weighted by Gasteiger charge is 2.45. The smallest absolute Gasteiger partial charge is 0.323 e. The van der Waals surface area contributed by atoms with E-state index in [1.807, 2.05) is 96.4 Å². The monoisotopic (exact) mass is 567 g/mol. The maximum atomic E-state index is 11.8. The molecule has 0 amide bonds. The SMILES string of the molecule is Cc1c(CC2(CC(=O)O)CC2)c2cccc(/C=C/c3ccc(OCCCCOc4ccccc4)cc3)c2n1CC(=O)O. The molecular formula is C35H37NO6. The van der Waals surface area contributed by atoms with Crippen LogP contribution in [0.2, 0.25) is 0 Å². The van der Waals surface area contributed by atoms with Crippen LogP contribution in [0.1, 0.15) is 54.5 Å². The second-order valence-corrected chi connectivity index (χ2v) is 11.2. The average Bonchev–Trinajstić information content (AvgIpc) is 3.68. The predicted molar refractivity (Wildman–Crippen MR) is 164 cm³/mol. The Kier molecular flexibility index (Phi) is 8.96. The first-order chi connectivity index (χ1) is 20.3. The van der Waals surface area contributed by atoms with Crippen molar-refractivity contribution in [3.8, 4) is 11.5 Å². The maximum absolute atomic E-state index is 11.8. The molecule has 1 saturated carbocycles. The Morgan fingerprint density at radius 3 is 2.12 bits per heavy atom. The molecule has 5 rings (SSSR count). The van der Waals surface area contributed by atoms with E-state index in [1.54, 1.807) is 0 Å². The van der Waals surface area contributed by atoms with Crippen LogP contribution in [-0.4, -0.2) is 39.9 Å². The molecule has 3 aromatic carbocycles. The average molecular weight is 568 g/mol. The van der Waals surface area contributed by atoms with Crippen LogP contribution in [0.4, 0.5) is 0 Å². The molecular weight excluding hydrogens is 530 g/mol. The fourth-order valence-corrected chi connectivity index (χ4v) is 5.57. The molecule has 7 heteroatoms. The third-order valence-electron chi connectivity index (χ3n) is 7.99. The van der Waals surface area contributed by atoms with Gasteiger partial charge in [0.05, 0.1) is 25.2 Å². The van der Waals surface area contributed by atoms with Crippen molar-refractivity contribution in [3.05, 3.63) is 95.2 Å². The Morgan fingerprint density at radius 1 is 0.833 bits per heavy atom. The van der Waals surface area contributed by atoms with Gasteiger partial charge in [-0.05, 0) is 85.4 Å². The summed E-state index contributed by atoms with van der Waals surface area (Å²) < 4.78 is 13.5. The fraction of sp³-hybridized carbons (Fsp3) is 0.314. The summed E-state index contributed by atoms with van der Waals surface area (Å²) in [7, 11) is 0. The van der Waals surface area contributed by atoms with Gasteiger partial charge in [-0.1, -0.05) is 60.7 Å². The van der Waals surface area contributed by atoms with Crippen LogP contribution in [0.15, 0.2) is 72.8 Å². The number of aromatic nitrogens is 1. The first-order valence-electron chi connectivity index (χ1n) is 14.5. The van der Waals surface area contributed by atoms with Gasteiger partial charge in [0.1, 0.15) is 18.0 Å². The van der Waals surface area contributed by atoms with E-state index in [9.17, 15) is 19.8 Å². The molecule has 1 fully saturated rings. The van der Waals surface area contributed by atoms with E-state index in [0.717, 1.165) is 70.5 Å². The molecule has 1 heterocycles. The van der Waals surface area contributed by atoms with Gasteiger partial charge in [0.15, 0.2) is 0 Å². The minimum atomic E-state index is -0.911. The van der Waals surface area contributed by atoms with Crippen molar-refractivity contribution < 1.29 is 29.3 Å². The summed E-state index contributed by atoms with van der Waals surface area (Å²) in [6.07, 6.45) is 8.37. The van der Waals surface area contributed by atoms with Gasteiger partial charge in [-0.2, -0.15) is 0 Å². The number of hydrogen-bond donors (Lipinski definition) is 2. The second kappa shape index (κ2) is 13.0. The van der Waals surface area contributed by atoms with E-state index in [1.165, 1.54) is 0 Å². The van der Waals surface area contributed by atoms with Crippen molar-refractivity contribution in [3.63, 3.8) is 0 Å². The number of hydrogen-bond acceptors (Lipinski definition) is 4. The first-order valence-corrected chi connectivity index (χ1v) is 14.5. The number of aliphatic carboxylic acids is 2. The summed E-state index contributed by atoms with van der Waals surface area (Å²) in [6.45, 7) is 3.07. The van der Waals surface area contributed by atoms with Crippen LogP contribution in [0.3, 0.4) is 0 Å². The van der Waals surface area contributed by atoms with E-state index in [4.69, 9.17) is 9.47 Å². The summed E-state index contributed by atoms with van der Waals surface area (Å²) in [5.74, 6) is -0.00486. The highest BCUT2D eigenvalue weighted by atomic mass is 16.5.